The zero-order valence-corrected chi connectivity index (χ0v) is 18.7. The highest BCUT2D eigenvalue weighted by atomic mass is 35.5. The van der Waals surface area contributed by atoms with E-state index in [1.54, 1.807) is 18.2 Å². The minimum Gasteiger partial charge on any atom is -0.325 e. The molecule has 0 radical (unpaired) electrons. The van der Waals surface area contributed by atoms with Crippen molar-refractivity contribution in [3.63, 3.8) is 0 Å². The zero-order valence-electron chi connectivity index (χ0n) is 16.4. The number of anilines is 1. The molecule has 1 aliphatic heterocycles. The average molecular weight is 453 g/mol. The summed E-state index contributed by atoms with van der Waals surface area (Å²) in [5, 5.41) is 14.3. The summed E-state index contributed by atoms with van der Waals surface area (Å²) in [7, 11) is 0. The van der Waals surface area contributed by atoms with Crippen LogP contribution in [0.15, 0.2) is 40.1 Å². The molecule has 6 nitrogen and oxygen atoms in total. The molecule has 1 aliphatic carbocycles. The van der Waals surface area contributed by atoms with E-state index in [1.165, 1.54) is 17.3 Å². The van der Waals surface area contributed by atoms with Gasteiger partial charge in [-0.3, -0.25) is 9.59 Å². The van der Waals surface area contributed by atoms with Crippen LogP contribution in [-0.2, 0) is 9.59 Å². The minimum absolute atomic E-state index is 0.0129. The van der Waals surface area contributed by atoms with Crippen LogP contribution in [0.4, 0.5) is 5.69 Å². The van der Waals surface area contributed by atoms with E-state index in [0.717, 1.165) is 18.6 Å². The second kappa shape index (κ2) is 8.90. The Morgan fingerprint density at radius 1 is 1.31 bits per heavy atom. The Morgan fingerprint density at radius 3 is 2.79 bits per heavy atom. The monoisotopic (exact) mass is 452 g/mol. The minimum atomic E-state index is -0.577. The summed E-state index contributed by atoms with van der Waals surface area (Å²) >= 11 is 13.2. The van der Waals surface area contributed by atoms with Gasteiger partial charge in [-0.15, -0.1) is 5.10 Å². The normalized spacial score (nSPS) is 23.8. The van der Waals surface area contributed by atoms with E-state index in [-0.39, 0.29) is 28.7 Å². The summed E-state index contributed by atoms with van der Waals surface area (Å²) in [6.07, 6.45) is 3.88. The van der Waals surface area contributed by atoms with Crippen molar-refractivity contribution >= 4 is 63.3 Å². The lowest BCUT2D eigenvalue weighted by Crippen LogP contribution is -2.28. The largest absolute Gasteiger partial charge is 0.325 e. The Morgan fingerprint density at radius 2 is 2.07 bits per heavy atom. The van der Waals surface area contributed by atoms with Gasteiger partial charge < -0.3 is 10.6 Å². The molecule has 1 heterocycles. The number of nitrogens with one attached hydrogen (secondary N) is 2. The topological polar surface area (TPSA) is 82.9 Å². The van der Waals surface area contributed by atoms with Crippen molar-refractivity contribution in [1.82, 2.24) is 5.32 Å². The van der Waals surface area contributed by atoms with E-state index in [2.05, 4.69) is 41.6 Å². The van der Waals surface area contributed by atoms with Crippen LogP contribution < -0.4 is 10.6 Å². The molecule has 0 spiro atoms. The first kappa shape index (κ1) is 21.9. The zero-order chi connectivity index (χ0) is 21.2. The molecule has 1 aromatic rings. The maximum absolute atomic E-state index is 12.3. The van der Waals surface area contributed by atoms with Crippen LogP contribution in [0.5, 0.6) is 0 Å². The van der Waals surface area contributed by atoms with Gasteiger partial charge in [0.2, 0.25) is 11.8 Å². The summed E-state index contributed by atoms with van der Waals surface area (Å²) in [4.78, 5) is 24.5. The van der Waals surface area contributed by atoms with Crippen molar-refractivity contribution in [2.24, 2.45) is 15.6 Å². The first-order valence-electron chi connectivity index (χ1n) is 9.16. The van der Waals surface area contributed by atoms with Crippen molar-refractivity contribution in [2.45, 2.75) is 45.3 Å². The Balaban J connectivity index is 1.62. The van der Waals surface area contributed by atoms with E-state index >= 15 is 0 Å². The third-order valence-corrected chi connectivity index (χ3v) is 6.36. The maximum atomic E-state index is 12.3. The van der Waals surface area contributed by atoms with Gasteiger partial charge in [0.25, 0.3) is 0 Å². The number of carbonyl (C=O) groups excluding carboxylic acids is 2. The van der Waals surface area contributed by atoms with Gasteiger partial charge >= 0.3 is 0 Å². The maximum Gasteiger partial charge on any atom is 0.240 e. The molecule has 1 saturated heterocycles. The van der Waals surface area contributed by atoms with Crippen LogP contribution in [0.25, 0.3) is 0 Å². The molecule has 2 N–H and O–H groups in total. The molecule has 154 valence electrons. The van der Waals surface area contributed by atoms with Gasteiger partial charge in [-0.1, -0.05) is 60.5 Å². The summed E-state index contributed by atoms with van der Waals surface area (Å²) in [5.74, 6) is -0.598. The second-order valence-corrected chi connectivity index (χ2v) is 9.93. The highest BCUT2D eigenvalue weighted by molar-refractivity contribution is 8.15. The summed E-state index contributed by atoms with van der Waals surface area (Å²) in [6, 6.07) is 4.97. The molecule has 1 fully saturated rings. The standard InChI is InChI=1S/C20H22Cl2N4O2S/c1-11-7-12(10-20(2,3)9-11)25-26-19-24-18(28)15(29-19)8-16(27)23-14-6-4-5-13(21)17(14)22/h4-7,15H,8-10H2,1-3H3,(H,23,27)(H,24,26,28)/b25-12-. The van der Waals surface area contributed by atoms with Crippen molar-refractivity contribution in [1.29, 1.82) is 0 Å². The van der Waals surface area contributed by atoms with Crippen LogP contribution in [0, 0.1) is 5.41 Å². The number of hydrogen-bond acceptors (Lipinski definition) is 5. The number of rotatable bonds is 4. The predicted molar refractivity (Wildman–Crippen MR) is 121 cm³/mol. The van der Waals surface area contributed by atoms with Gasteiger partial charge in [0.1, 0.15) is 5.25 Å². The van der Waals surface area contributed by atoms with Gasteiger partial charge in [0.05, 0.1) is 21.4 Å². The Labute approximate surface area is 184 Å². The van der Waals surface area contributed by atoms with E-state index in [9.17, 15) is 9.59 Å². The van der Waals surface area contributed by atoms with Crippen molar-refractivity contribution in [2.75, 3.05) is 5.32 Å². The van der Waals surface area contributed by atoms with Gasteiger partial charge in [-0.2, -0.15) is 5.10 Å². The molecule has 0 aromatic heterocycles. The molecule has 29 heavy (non-hydrogen) atoms. The fraction of sp³-hybridized carbons (Fsp3) is 0.400. The fourth-order valence-corrected chi connectivity index (χ4v) is 4.69. The number of amides is 2. The Hall–Kier alpha value is -1.83. The number of nitrogens with zero attached hydrogens (tertiary/aromatic N) is 2. The van der Waals surface area contributed by atoms with Crippen LogP contribution in [0.3, 0.4) is 0 Å². The lowest BCUT2D eigenvalue weighted by molar-refractivity contribution is -0.122. The Kier molecular flexibility index (Phi) is 6.71. The highest BCUT2D eigenvalue weighted by Crippen LogP contribution is 2.34. The van der Waals surface area contributed by atoms with Gasteiger partial charge in [0.15, 0.2) is 5.17 Å². The fourth-order valence-electron chi connectivity index (χ4n) is 3.42. The number of amidine groups is 1. The van der Waals surface area contributed by atoms with E-state index in [4.69, 9.17) is 23.2 Å². The van der Waals surface area contributed by atoms with Gasteiger partial charge in [0, 0.05) is 6.42 Å². The summed E-state index contributed by atoms with van der Waals surface area (Å²) in [6.45, 7) is 6.47. The molecular weight excluding hydrogens is 431 g/mol. The molecule has 1 unspecified atom stereocenters. The molecular formula is C20H22Cl2N4O2S. The summed E-state index contributed by atoms with van der Waals surface area (Å²) < 4.78 is 0. The van der Waals surface area contributed by atoms with Crippen LogP contribution in [0.2, 0.25) is 10.0 Å². The van der Waals surface area contributed by atoms with Crippen molar-refractivity contribution in [3.05, 3.63) is 39.9 Å². The Bertz CT molecular complexity index is 940. The van der Waals surface area contributed by atoms with Crippen molar-refractivity contribution in [3.8, 4) is 0 Å². The van der Waals surface area contributed by atoms with E-state index in [0.29, 0.717) is 15.9 Å². The molecule has 0 saturated carbocycles. The van der Waals surface area contributed by atoms with Crippen LogP contribution in [-0.4, -0.2) is 27.9 Å². The molecule has 1 atom stereocenters. The second-order valence-electron chi connectivity index (χ2n) is 7.95. The first-order valence-corrected chi connectivity index (χ1v) is 10.8. The number of hydrogen-bond donors (Lipinski definition) is 2. The summed E-state index contributed by atoms with van der Waals surface area (Å²) in [5.41, 5.74) is 2.71. The third kappa shape index (κ3) is 5.84. The third-order valence-electron chi connectivity index (χ3n) is 4.47. The average Bonchev–Trinajstić information content (AvgIpc) is 2.95. The molecule has 1 aromatic carbocycles. The molecule has 2 amide bonds. The number of benzene rings is 1. The molecule has 9 heteroatoms. The van der Waals surface area contributed by atoms with Crippen LogP contribution >= 0.6 is 35.0 Å². The molecule has 0 bridgehead atoms. The lowest BCUT2D eigenvalue weighted by atomic mass is 9.77. The van der Waals surface area contributed by atoms with Gasteiger partial charge in [-0.05, 0) is 43.4 Å². The quantitative estimate of drug-likeness (QED) is 0.628. The SMILES string of the molecule is CC1=C/C(=N/N=C2\NC(=O)C(CC(=O)Nc3cccc(Cl)c3Cl)S2)CC(C)(C)C1. The lowest BCUT2D eigenvalue weighted by Gasteiger charge is -2.28. The van der Waals surface area contributed by atoms with E-state index in [1.807, 2.05) is 6.08 Å². The first-order chi connectivity index (χ1) is 13.6. The number of carbonyl (C=O) groups is 2. The van der Waals surface area contributed by atoms with Crippen LogP contribution in [0.1, 0.15) is 40.0 Å². The highest BCUT2D eigenvalue weighted by Gasteiger charge is 2.32. The number of allylic oxidation sites excluding steroid dienone is 2. The molecule has 3 rings (SSSR count). The number of thioether (sulfide) groups is 1. The predicted octanol–water partition coefficient (Wildman–Crippen LogP) is 5.03. The van der Waals surface area contributed by atoms with E-state index < -0.39 is 5.25 Å². The number of halogens is 2. The van der Waals surface area contributed by atoms with Gasteiger partial charge in [-0.25, -0.2) is 0 Å². The van der Waals surface area contributed by atoms with Crippen molar-refractivity contribution < 1.29 is 9.59 Å². The smallest absolute Gasteiger partial charge is 0.240 e. The molecule has 2 aliphatic rings.